The number of hydrogen-bond acceptors (Lipinski definition) is 3. The number of hydrogen-bond donors (Lipinski definition) is 0. The van der Waals surface area contributed by atoms with Gasteiger partial charge >= 0.3 is 0 Å². The van der Waals surface area contributed by atoms with Gasteiger partial charge in [-0.3, -0.25) is 9.59 Å². The van der Waals surface area contributed by atoms with Crippen molar-refractivity contribution in [3.63, 3.8) is 0 Å². The summed E-state index contributed by atoms with van der Waals surface area (Å²) in [6.07, 6.45) is 1.62. The summed E-state index contributed by atoms with van der Waals surface area (Å²) < 4.78 is 6.18. The zero-order valence-corrected chi connectivity index (χ0v) is 15.4. The molecule has 0 bridgehead atoms. The molecule has 1 saturated heterocycles. The number of ketones is 1. The Balaban J connectivity index is 1.74. The molecule has 0 saturated carbocycles. The zero-order chi connectivity index (χ0) is 17.5. The molecular weight excluding hydrogens is 349 g/mol. The molecule has 3 rings (SSSR count). The van der Waals surface area contributed by atoms with Gasteiger partial charge in [0.1, 0.15) is 11.4 Å². The van der Waals surface area contributed by atoms with E-state index in [1.54, 1.807) is 18.2 Å². The van der Waals surface area contributed by atoms with Crippen molar-refractivity contribution in [2.24, 2.45) is 5.41 Å². The first-order chi connectivity index (χ1) is 11.3. The quantitative estimate of drug-likeness (QED) is 0.741. The molecule has 0 N–H and O–H groups in total. The molecule has 1 aromatic rings. The molecule has 24 heavy (non-hydrogen) atoms. The Hall–Kier alpha value is -1.26. The van der Waals surface area contributed by atoms with E-state index in [2.05, 4.69) is 0 Å². The molecule has 2 aliphatic rings. The predicted octanol–water partition coefficient (Wildman–Crippen LogP) is 3.93. The molecule has 130 valence electrons. The van der Waals surface area contributed by atoms with Crippen molar-refractivity contribution in [1.82, 2.24) is 4.90 Å². The highest BCUT2D eigenvalue weighted by atomic mass is 35.5. The maximum Gasteiger partial charge on any atom is 0.229 e. The van der Waals surface area contributed by atoms with Gasteiger partial charge in [0.2, 0.25) is 5.91 Å². The normalized spacial score (nSPS) is 19.8. The topological polar surface area (TPSA) is 46.6 Å². The van der Waals surface area contributed by atoms with Crippen molar-refractivity contribution in [1.29, 1.82) is 0 Å². The third-order valence-electron chi connectivity index (χ3n) is 4.93. The molecule has 0 atom stereocenters. The van der Waals surface area contributed by atoms with Crippen LogP contribution in [-0.2, 0) is 4.79 Å². The minimum atomic E-state index is -0.571. The summed E-state index contributed by atoms with van der Waals surface area (Å²) >= 11 is 11.9. The third kappa shape index (κ3) is 3.14. The smallest absolute Gasteiger partial charge is 0.229 e. The predicted molar refractivity (Wildman–Crippen MR) is 94.1 cm³/mol. The molecular formula is C18H21Cl2NO3. The lowest BCUT2D eigenvalue weighted by molar-refractivity contribution is -0.142. The van der Waals surface area contributed by atoms with Crippen LogP contribution in [0.15, 0.2) is 18.2 Å². The minimum Gasteiger partial charge on any atom is -0.486 e. The lowest BCUT2D eigenvalue weighted by atomic mass is 9.81. The lowest BCUT2D eigenvalue weighted by Gasteiger charge is -2.45. The van der Waals surface area contributed by atoms with Gasteiger partial charge in [0.15, 0.2) is 5.78 Å². The van der Waals surface area contributed by atoms with Crippen LogP contribution in [0.25, 0.3) is 0 Å². The van der Waals surface area contributed by atoms with Gasteiger partial charge in [-0.15, -0.1) is 11.6 Å². The highest BCUT2D eigenvalue weighted by molar-refractivity contribution is 6.31. The van der Waals surface area contributed by atoms with Crippen molar-refractivity contribution < 1.29 is 14.3 Å². The summed E-state index contributed by atoms with van der Waals surface area (Å²) in [4.78, 5) is 26.9. The first-order valence-electron chi connectivity index (χ1n) is 8.13. The monoisotopic (exact) mass is 369 g/mol. The average Bonchev–Trinajstić information content (AvgIpc) is 2.56. The molecule has 1 amide bonds. The number of rotatable bonds is 2. The Morgan fingerprint density at radius 2 is 2.00 bits per heavy atom. The number of fused-ring (bicyclic) bond motifs is 1. The van der Waals surface area contributed by atoms with Crippen molar-refractivity contribution in [2.75, 3.05) is 19.0 Å². The second-order valence-electron chi connectivity index (χ2n) is 7.34. The highest BCUT2D eigenvalue weighted by Gasteiger charge is 2.45. The highest BCUT2D eigenvalue weighted by Crippen LogP contribution is 2.40. The number of likely N-dealkylation sites (tertiary alicyclic amines) is 1. The van der Waals surface area contributed by atoms with Crippen LogP contribution in [-0.4, -0.2) is 41.2 Å². The Kier molecular flexibility index (Phi) is 4.56. The van der Waals surface area contributed by atoms with Crippen LogP contribution in [0.1, 0.15) is 43.5 Å². The fourth-order valence-corrected chi connectivity index (χ4v) is 3.63. The van der Waals surface area contributed by atoms with Gasteiger partial charge in [-0.05, 0) is 32.0 Å². The van der Waals surface area contributed by atoms with Gasteiger partial charge in [-0.2, -0.15) is 0 Å². The molecule has 6 heteroatoms. The number of nitrogens with zero attached hydrogens (tertiary/aromatic N) is 1. The van der Waals surface area contributed by atoms with Crippen LogP contribution in [0, 0.1) is 5.41 Å². The van der Waals surface area contributed by atoms with Crippen LogP contribution in [0.3, 0.4) is 0 Å². The zero-order valence-electron chi connectivity index (χ0n) is 13.9. The largest absolute Gasteiger partial charge is 0.486 e. The Bertz CT molecular complexity index is 679. The van der Waals surface area contributed by atoms with Gasteiger partial charge in [0.25, 0.3) is 0 Å². The van der Waals surface area contributed by atoms with Crippen molar-refractivity contribution in [3.8, 4) is 5.75 Å². The molecule has 0 aliphatic carbocycles. The number of carbonyl (C=O) groups excluding carboxylic acids is 2. The van der Waals surface area contributed by atoms with E-state index in [0.717, 1.165) is 0 Å². The second kappa shape index (κ2) is 6.23. The van der Waals surface area contributed by atoms with Crippen LogP contribution in [0.2, 0.25) is 5.02 Å². The summed E-state index contributed by atoms with van der Waals surface area (Å²) in [5.41, 5.74) is -0.534. The summed E-state index contributed by atoms with van der Waals surface area (Å²) in [5.74, 6) is 0.995. The van der Waals surface area contributed by atoms with Gasteiger partial charge in [-0.25, -0.2) is 0 Å². The Morgan fingerprint density at radius 1 is 1.33 bits per heavy atom. The number of carbonyl (C=O) groups is 2. The number of piperidine rings is 1. The maximum atomic E-state index is 12.5. The number of Topliss-reactive ketones (excluding diaryl/α,β-unsaturated/α-hetero) is 1. The molecule has 0 unspecified atom stereocenters. The Labute approximate surface area is 152 Å². The third-order valence-corrected chi connectivity index (χ3v) is 5.83. The van der Waals surface area contributed by atoms with Gasteiger partial charge < -0.3 is 9.64 Å². The van der Waals surface area contributed by atoms with Crippen LogP contribution >= 0.6 is 23.2 Å². The van der Waals surface area contributed by atoms with Gasteiger partial charge in [0, 0.05) is 36.8 Å². The fraction of sp³-hybridized carbons (Fsp3) is 0.556. The standard InChI is InChI=1S/C18H21Cl2NO3/c1-17(2,11-19)16(23)21-7-5-18(6-8-21)10-14(22)13-9-12(20)3-4-15(13)24-18/h3-4,9H,5-8,10-11H2,1-2H3. The first kappa shape index (κ1) is 17.6. The molecule has 1 fully saturated rings. The lowest BCUT2D eigenvalue weighted by Crippen LogP contribution is -2.54. The van der Waals surface area contributed by atoms with E-state index in [9.17, 15) is 9.59 Å². The first-order valence-corrected chi connectivity index (χ1v) is 9.05. The molecule has 4 nitrogen and oxygen atoms in total. The van der Waals surface area contributed by atoms with E-state index in [4.69, 9.17) is 27.9 Å². The van der Waals surface area contributed by atoms with E-state index in [1.807, 2.05) is 18.7 Å². The molecule has 0 aromatic heterocycles. The van der Waals surface area contributed by atoms with Crippen LogP contribution in [0.5, 0.6) is 5.75 Å². The van der Waals surface area contributed by atoms with E-state index < -0.39 is 11.0 Å². The molecule has 2 aliphatic heterocycles. The molecule has 1 aromatic carbocycles. The summed E-state index contributed by atoms with van der Waals surface area (Å²) in [6, 6.07) is 5.15. The minimum absolute atomic E-state index is 0.0552. The SMILES string of the molecule is CC(C)(CCl)C(=O)N1CCC2(CC1)CC(=O)c1cc(Cl)ccc1O2. The molecule has 1 spiro atoms. The second-order valence-corrected chi connectivity index (χ2v) is 8.04. The van der Waals surface area contributed by atoms with Crippen LogP contribution < -0.4 is 4.74 Å². The number of ether oxygens (including phenoxy) is 1. The Morgan fingerprint density at radius 3 is 2.62 bits per heavy atom. The van der Waals surface area contributed by atoms with Gasteiger partial charge in [-0.1, -0.05) is 11.6 Å². The van der Waals surface area contributed by atoms with Crippen molar-refractivity contribution >= 4 is 34.9 Å². The van der Waals surface area contributed by atoms with Crippen molar-refractivity contribution in [2.45, 2.75) is 38.7 Å². The van der Waals surface area contributed by atoms with E-state index in [0.29, 0.717) is 48.7 Å². The maximum absolute atomic E-state index is 12.5. The summed E-state index contributed by atoms with van der Waals surface area (Å²) in [5, 5.41) is 0.533. The molecule has 2 heterocycles. The fourth-order valence-electron chi connectivity index (χ4n) is 3.35. The summed E-state index contributed by atoms with van der Waals surface area (Å²) in [6.45, 7) is 4.87. The number of benzene rings is 1. The van der Waals surface area contributed by atoms with Gasteiger partial charge in [0.05, 0.1) is 17.4 Å². The van der Waals surface area contributed by atoms with Crippen LogP contribution in [0.4, 0.5) is 0 Å². The van der Waals surface area contributed by atoms with E-state index in [1.165, 1.54) is 0 Å². The number of alkyl halides is 1. The average molecular weight is 370 g/mol. The van der Waals surface area contributed by atoms with Crippen molar-refractivity contribution in [3.05, 3.63) is 28.8 Å². The number of halogens is 2. The van der Waals surface area contributed by atoms with E-state index >= 15 is 0 Å². The van der Waals surface area contributed by atoms with E-state index in [-0.39, 0.29) is 17.6 Å². The summed E-state index contributed by atoms with van der Waals surface area (Å²) in [7, 11) is 0. The number of amides is 1. The molecule has 0 radical (unpaired) electrons.